The molecule has 1 saturated carbocycles. The maximum atomic E-state index is 12.4. The lowest BCUT2D eigenvalue weighted by Gasteiger charge is -2.23. The van der Waals surface area contributed by atoms with Gasteiger partial charge in [0.05, 0.1) is 0 Å². The van der Waals surface area contributed by atoms with Crippen LogP contribution in [0.1, 0.15) is 35.7 Å². The minimum Gasteiger partial charge on any atom is -0.370 e. The number of hydrogen-bond acceptors (Lipinski definition) is 3. The normalized spacial score (nSPS) is 13.1. The van der Waals surface area contributed by atoms with E-state index in [2.05, 4.69) is 47.6 Å². The fourth-order valence-electron chi connectivity index (χ4n) is 3.03. The summed E-state index contributed by atoms with van der Waals surface area (Å²) in [6, 6.07) is 15.5. The number of benzene rings is 2. The average Bonchev–Trinajstić information content (AvgIpc) is 3.50. The lowest BCUT2D eigenvalue weighted by atomic mass is 10.2. The summed E-state index contributed by atoms with van der Waals surface area (Å²) in [5.41, 5.74) is 3.62. The molecule has 0 aromatic heterocycles. The van der Waals surface area contributed by atoms with Crippen LogP contribution in [0, 0.1) is 12.8 Å². The molecule has 1 aliphatic carbocycles. The number of rotatable bonds is 8. The van der Waals surface area contributed by atoms with E-state index >= 15 is 0 Å². The van der Waals surface area contributed by atoms with Crippen LogP contribution in [-0.4, -0.2) is 31.4 Å². The summed E-state index contributed by atoms with van der Waals surface area (Å²) in [7, 11) is 0. The Balaban J connectivity index is 1.53. The number of carbonyl (C=O) groups is 2. The molecule has 0 atom stereocenters. The van der Waals surface area contributed by atoms with Crippen LogP contribution in [0.3, 0.4) is 0 Å². The molecule has 1 aliphatic rings. The van der Waals surface area contributed by atoms with Crippen LogP contribution >= 0.6 is 0 Å². The van der Waals surface area contributed by atoms with Crippen LogP contribution in [0.2, 0.25) is 0 Å². The molecule has 1 fully saturated rings. The van der Waals surface area contributed by atoms with Crippen molar-refractivity contribution < 1.29 is 9.59 Å². The predicted octanol–water partition coefficient (Wildman–Crippen LogP) is 3.60. The number of nitrogens with zero attached hydrogens (tertiary/aromatic N) is 1. The molecule has 27 heavy (non-hydrogen) atoms. The van der Waals surface area contributed by atoms with Gasteiger partial charge in [-0.1, -0.05) is 18.2 Å². The van der Waals surface area contributed by atoms with E-state index in [9.17, 15) is 9.59 Å². The third-order valence-corrected chi connectivity index (χ3v) is 4.76. The first kappa shape index (κ1) is 19.0. The Morgan fingerprint density at radius 3 is 2.59 bits per heavy atom. The first-order chi connectivity index (χ1) is 13.1. The van der Waals surface area contributed by atoms with Gasteiger partial charge in [0, 0.05) is 42.5 Å². The molecule has 2 N–H and O–H groups in total. The van der Waals surface area contributed by atoms with Gasteiger partial charge in [0.15, 0.2) is 0 Å². The fraction of sp³-hybridized carbons (Fsp3) is 0.364. The Hall–Kier alpha value is -2.82. The topological polar surface area (TPSA) is 61.4 Å². The zero-order valence-electron chi connectivity index (χ0n) is 16.0. The summed E-state index contributed by atoms with van der Waals surface area (Å²) in [6.45, 7) is 6.36. The van der Waals surface area contributed by atoms with Gasteiger partial charge >= 0.3 is 0 Å². The van der Waals surface area contributed by atoms with Crippen LogP contribution in [0.5, 0.6) is 0 Å². The largest absolute Gasteiger partial charge is 0.370 e. The first-order valence-corrected chi connectivity index (χ1v) is 9.57. The van der Waals surface area contributed by atoms with Gasteiger partial charge in [0.2, 0.25) is 5.91 Å². The Kier molecular flexibility index (Phi) is 6.12. The minimum atomic E-state index is -0.127. The molecular weight excluding hydrogens is 338 g/mol. The lowest BCUT2D eigenvalue weighted by molar-refractivity contribution is -0.117. The molecule has 0 spiro atoms. The molecule has 5 nitrogen and oxygen atoms in total. The molecule has 0 saturated heterocycles. The van der Waals surface area contributed by atoms with E-state index in [1.165, 1.54) is 5.56 Å². The van der Waals surface area contributed by atoms with Crippen molar-refractivity contribution in [3.8, 4) is 0 Å². The zero-order chi connectivity index (χ0) is 19.2. The van der Waals surface area contributed by atoms with Crippen molar-refractivity contribution >= 4 is 23.2 Å². The van der Waals surface area contributed by atoms with E-state index in [0.29, 0.717) is 17.8 Å². The van der Waals surface area contributed by atoms with Gasteiger partial charge in [-0.05, 0) is 62.6 Å². The van der Waals surface area contributed by atoms with E-state index in [1.54, 1.807) is 18.2 Å². The Labute approximate surface area is 160 Å². The molecule has 3 rings (SSSR count). The third kappa shape index (κ3) is 5.33. The van der Waals surface area contributed by atoms with Crippen LogP contribution in [0.15, 0.2) is 48.5 Å². The van der Waals surface area contributed by atoms with Gasteiger partial charge in [0.1, 0.15) is 0 Å². The van der Waals surface area contributed by atoms with Crippen molar-refractivity contribution in [2.24, 2.45) is 5.92 Å². The molecule has 0 aliphatic heterocycles. The smallest absolute Gasteiger partial charge is 0.251 e. The van der Waals surface area contributed by atoms with Gasteiger partial charge in [-0.2, -0.15) is 0 Å². The van der Waals surface area contributed by atoms with Gasteiger partial charge < -0.3 is 15.5 Å². The lowest BCUT2D eigenvalue weighted by Crippen LogP contribution is -2.35. The standard InChI is InChI=1S/C22H27N3O2/c1-3-25(20-9-4-6-16(2)14-20)13-12-23-21(26)18-7-5-8-19(15-18)24-22(27)17-10-11-17/h4-9,14-15,17H,3,10-13H2,1-2H3,(H,23,26)(H,24,27). The molecule has 2 amide bonds. The second-order valence-corrected chi connectivity index (χ2v) is 7.02. The van der Waals surface area contributed by atoms with Gasteiger partial charge in [-0.25, -0.2) is 0 Å². The van der Waals surface area contributed by atoms with Crippen LogP contribution in [-0.2, 0) is 4.79 Å². The number of amides is 2. The van der Waals surface area contributed by atoms with E-state index in [-0.39, 0.29) is 17.7 Å². The summed E-state index contributed by atoms with van der Waals surface area (Å²) in [6.07, 6.45) is 1.92. The van der Waals surface area contributed by atoms with E-state index in [0.717, 1.165) is 31.6 Å². The number of nitrogens with one attached hydrogen (secondary N) is 2. The highest BCUT2D eigenvalue weighted by molar-refractivity contribution is 5.98. The quantitative estimate of drug-likeness (QED) is 0.751. The molecule has 0 heterocycles. The second-order valence-electron chi connectivity index (χ2n) is 7.02. The predicted molar refractivity (Wildman–Crippen MR) is 109 cm³/mol. The molecule has 2 aromatic rings. The summed E-state index contributed by atoms with van der Waals surface area (Å²) < 4.78 is 0. The number of anilines is 2. The van der Waals surface area contributed by atoms with Gasteiger partial charge in [-0.3, -0.25) is 9.59 Å². The van der Waals surface area contributed by atoms with Crippen LogP contribution in [0.4, 0.5) is 11.4 Å². The zero-order valence-corrected chi connectivity index (χ0v) is 16.0. The summed E-state index contributed by atoms with van der Waals surface area (Å²) in [5, 5.41) is 5.85. The number of likely N-dealkylation sites (N-methyl/N-ethyl adjacent to an activating group) is 1. The number of aryl methyl sites for hydroxylation is 1. The maximum absolute atomic E-state index is 12.4. The van der Waals surface area contributed by atoms with E-state index in [1.807, 2.05) is 12.1 Å². The fourth-order valence-corrected chi connectivity index (χ4v) is 3.03. The van der Waals surface area contributed by atoms with Crippen molar-refractivity contribution in [2.45, 2.75) is 26.7 Å². The summed E-state index contributed by atoms with van der Waals surface area (Å²) in [4.78, 5) is 26.6. The molecule has 0 radical (unpaired) electrons. The molecular formula is C22H27N3O2. The van der Waals surface area contributed by atoms with Crippen molar-refractivity contribution in [1.82, 2.24) is 5.32 Å². The van der Waals surface area contributed by atoms with Crippen molar-refractivity contribution in [1.29, 1.82) is 0 Å². The minimum absolute atomic E-state index is 0.0456. The first-order valence-electron chi connectivity index (χ1n) is 9.57. The third-order valence-electron chi connectivity index (χ3n) is 4.76. The van der Waals surface area contributed by atoms with Gasteiger partial charge in [-0.15, -0.1) is 0 Å². The highest BCUT2D eigenvalue weighted by Crippen LogP contribution is 2.30. The van der Waals surface area contributed by atoms with Gasteiger partial charge in [0.25, 0.3) is 5.91 Å². The number of hydrogen-bond donors (Lipinski definition) is 2. The second kappa shape index (κ2) is 8.71. The molecule has 5 heteroatoms. The summed E-state index contributed by atoms with van der Waals surface area (Å²) >= 11 is 0. The van der Waals surface area contributed by atoms with Crippen LogP contribution < -0.4 is 15.5 Å². The van der Waals surface area contributed by atoms with Crippen molar-refractivity contribution in [3.63, 3.8) is 0 Å². The molecule has 0 unspecified atom stereocenters. The monoisotopic (exact) mass is 365 g/mol. The highest BCUT2D eigenvalue weighted by atomic mass is 16.2. The molecule has 142 valence electrons. The van der Waals surface area contributed by atoms with Crippen molar-refractivity contribution in [2.75, 3.05) is 29.9 Å². The SMILES string of the molecule is CCN(CCNC(=O)c1cccc(NC(=O)C2CC2)c1)c1cccc(C)c1. The van der Waals surface area contributed by atoms with Crippen molar-refractivity contribution in [3.05, 3.63) is 59.7 Å². The van der Waals surface area contributed by atoms with E-state index < -0.39 is 0 Å². The molecule has 0 bridgehead atoms. The van der Waals surface area contributed by atoms with Crippen LogP contribution in [0.25, 0.3) is 0 Å². The average molecular weight is 365 g/mol. The number of carbonyl (C=O) groups excluding carboxylic acids is 2. The summed E-state index contributed by atoms with van der Waals surface area (Å²) in [5.74, 6) is 0.0613. The highest BCUT2D eigenvalue weighted by Gasteiger charge is 2.29. The maximum Gasteiger partial charge on any atom is 0.251 e. The van der Waals surface area contributed by atoms with E-state index in [4.69, 9.17) is 0 Å². The Morgan fingerprint density at radius 2 is 1.89 bits per heavy atom. The Morgan fingerprint density at radius 1 is 1.11 bits per heavy atom. The molecule has 2 aromatic carbocycles. The Bertz CT molecular complexity index is 815.